The molecule has 1 amide bonds. The maximum atomic E-state index is 12.1. The van der Waals surface area contributed by atoms with E-state index in [9.17, 15) is 15.0 Å². The van der Waals surface area contributed by atoms with Gasteiger partial charge >= 0.3 is 0 Å². The van der Waals surface area contributed by atoms with Gasteiger partial charge in [0.2, 0.25) is 0 Å². The predicted octanol–water partition coefficient (Wildman–Crippen LogP) is 0.552. The van der Waals surface area contributed by atoms with Gasteiger partial charge in [0, 0.05) is 31.1 Å². The predicted molar refractivity (Wildman–Crippen MR) is 69.3 cm³/mol. The number of aromatic hydroxyl groups is 2. The highest BCUT2D eigenvalue weighted by Gasteiger charge is 2.17. The summed E-state index contributed by atoms with van der Waals surface area (Å²) in [4.78, 5) is 13.4. The summed E-state index contributed by atoms with van der Waals surface area (Å²) in [6, 6.07) is 3.65. The minimum Gasteiger partial charge on any atom is -0.508 e. The number of carbonyl (C=O) groups excluding carboxylic acids is 1. The summed E-state index contributed by atoms with van der Waals surface area (Å²) in [6.07, 6.45) is 0. The van der Waals surface area contributed by atoms with E-state index >= 15 is 0 Å². The van der Waals surface area contributed by atoms with Crippen LogP contribution in [0.25, 0.3) is 0 Å². The molecule has 0 aliphatic rings. The summed E-state index contributed by atoms with van der Waals surface area (Å²) in [5.74, 6) is -1.06. The first-order valence-corrected chi connectivity index (χ1v) is 5.61. The fourth-order valence-electron chi connectivity index (χ4n) is 1.62. The number of benzene rings is 1. The van der Waals surface area contributed by atoms with Crippen LogP contribution in [0.4, 0.5) is 0 Å². The Labute approximate surface area is 110 Å². The Kier molecular flexibility index (Phi) is 4.57. The van der Waals surface area contributed by atoms with Crippen LogP contribution in [0.3, 0.4) is 0 Å². The van der Waals surface area contributed by atoms with E-state index in [4.69, 9.17) is 10.9 Å². The Morgan fingerprint density at radius 3 is 2.37 bits per heavy atom. The molecule has 1 atom stereocenters. The van der Waals surface area contributed by atoms with E-state index in [0.29, 0.717) is 0 Å². The lowest BCUT2D eigenvalue weighted by atomic mass is 10.1. The number of nitrogens with zero attached hydrogens (tertiary/aromatic N) is 2. The van der Waals surface area contributed by atoms with E-state index < -0.39 is 0 Å². The van der Waals surface area contributed by atoms with Crippen LogP contribution in [0, 0.1) is 5.92 Å². The average Bonchev–Trinajstić information content (AvgIpc) is 2.35. The topological polar surface area (TPSA) is 119 Å². The van der Waals surface area contributed by atoms with Crippen LogP contribution in [0.2, 0.25) is 0 Å². The summed E-state index contributed by atoms with van der Waals surface area (Å²) in [7, 11) is 1.55. The van der Waals surface area contributed by atoms with Crippen molar-refractivity contribution in [2.24, 2.45) is 16.8 Å². The van der Waals surface area contributed by atoms with E-state index in [2.05, 4.69) is 5.16 Å². The molecule has 0 fully saturated rings. The molecule has 0 heterocycles. The van der Waals surface area contributed by atoms with Crippen molar-refractivity contribution in [2.45, 2.75) is 6.92 Å². The van der Waals surface area contributed by atoms with Gasteiger partial charge in [-0.05, 0) is 12.1 Å². The monoisotopic (exact) mass is 267 g/mol. The molecule has 19 heavy (non-hydrogen) atoms. The summed E-state index contributed by atoms with van der Waals surface area (Å²) >= 11 is 0. The molecule has 7 heteroatoms. The summed E-state index contributed by atoms with van der Waals surface area (Å²) in [6.45, 7) is 1.95. The number of phenols is 2. The molecule has 1 unspecified atom stereocenters. The van der Waals surface area contributed by atoms with Gasteiger partial charge in [0.1, 0.15) is 17.3 Å². The molecule has 0 aliphatic heterocycles. The highest BCUT2D eigenvalue weighted by atomic mass is 16.4. The second-order valence-corrected chi connectivity index (χ2v) is 4.35. The standard InChI is InChI=1S/C12H17N3O4/c1-7(11(13)14-19)6-15(2)12(18)8-3-9(16)5-10(17)4-8/h3-5,7,16-17,19H,6H2,1-2H3,(H2,13,14). The molecule has 1 aromatic rings. The summed E-state index contributed by atoms with van der Waals surface area (Å²) < 4.78 is 0. The molecule has 0 saturated carbocycles. The van der Waals surface area contributed by atoms with E-state index in [1.54, 1.807) is 14.0 Å². The van der Waals surface area contributed by atoms with Crippen LogP contribution in [-0.2, 0) is 0 Å². The van der Waals surface area contributed by atoms with Gasteiger partial charge in [-0.3, -0.25) is 4.79 Å². The van der Waals surface area contributed by atoms with Gasteiger partial charge in [-0.25, -0.2) is 0 Å². The molecular weight excluding hydrogens is 250 g/mol. The average molecular weight is 267 g/mol. The van der Waals surface area contributed by atoms with E-state index in [1.165, 1.54) is 17.0 Å². The Hall–Kier alpha value is -2.44. The molecule has 5 N–H and O–H groups in total. The smallest absolute Gasteiger partial charge is 0.253 e. The highest BCUT2D eigenvalue weighted by Crippen LogP contribution is 2.21. The van der Waals surface area contributed by atoms with Gasteiger partial charge in [-0.1, -0.05) is 12.1 Å². The number of rotatable bonds is 4. The van der Waals surface area contributed by atoms with Crippen molar-refractivity contribution in [2.75, 3.05) is 13.6 Å². The van der Waals surface area contributed by atoms with Crippen molar-refractivity contribution in [3.8, 4) is 11.5 Å². The molecule has 0 saturated heterocycles. The fraction of sp³-hybridized carbons (Fsp3) is 0.333. The Balaban J connectivity index is 2.82. The first-order valence-electron chi connectivity index (χ1n) is 5.61. The zero-order valence-electron chi connectivity index (χ0n) is 10.7. The van der Waals surface area contributed by atoms with Gasteiger partial charge in [-0.15, -0.1) is 0 Å². The van der Waals surface area contributed by atoms with Crippen LogP contribution in [-0.4, -0.2) is 45.7 Å². The minimum absolute atomic E-state index is 0.0263. The maximum absolute atomic E-state index is 12.1. The van der Waals surface area contributed by atoms with E-state index in [0.717, 1.165) is 6.07 Å². The highest BCUT2D eigenvalue weighted by molar-refractivity contribution is 5.95. The lowest BCUT2D eigenvalue weighted by Gasteiger charge is -2.21. The Morgan fingerprint density at radius 1 is 1.37 bits per heavy atom. The largest absolute Gasteiger partial charge is 0.508 e. The van der Waals surface area contributed by atoms with E-state index in [-0.39, 0.29) is 41.3 Å². The number of nitrogens with two attached hydrogens (primary N) is 1. The first-order chi connectivity index (χ1) is 8.85. The third-order valence-electron chi connectivity index (χ3n) is 2.66. The Bertz CT molecular complexity index is 481. The van der Waals surface area contributed by atoms with Crippen LogP contribution < -0.4 is 5.73 Å². The van der Waals surface area contributed by atoms with Gasteiger partial charge in [-0.2, -0.15) is 0 Å². The van der Waals surface area contributed by atoms with Crippen molar-refractivity contribution in [1.29, 1.82) is 0 Å². The first kappa shape index (κ1) is 14.6. The van der Waals surface area contributed by atoms with Crippen LogP contribution in [0.1, 0.15) is 17.3 Å². The second kappa shape index (κ2) is 5.94. The molecule has 0 bridgehead atoms. The quantitative estimate of drug-likeness (QED) is 0.275. The van der Waals surface area contributed by atoms with Crippen LogP contribution in [0.15, 0.2) is 23.4 Å². The molecule has 1 aromatic carbocycles. The number of carbonyl (C=O) groups is 1. The van der Waals surface area contributed by atoms with Crippen molar-refractivity contribution in [1.82, 2.24) is 4.90 Å². The number of hydrogen-bond donors (Lipinski definition) is 4. The zero-order chi connectivity index (χ0) is 14.6. The lowest BCUT2D eigenvalue weighted by Crippen LogP contribution is -2.36. The second-order valence-electron chi connectivity index (χ2n) is 4.35. The summed E-state index contributed by atoms with van der Waals surface area (Å²) in [5, 5.41) is 30.1. The fourth-order valence-corrected chi connectivity index (χ4v) is 1.62. The molecular formula is C12H17N3O4. The van der Waals surface area contributed by atoms with Crippen LogP contribution >= 0.6 is 0 Å². The number of amides is 1. The number of oxime groups is 1. The molecule has 0 aliphatic carbocycles. The van der Waals surface area contributed by atoms with Crippen molar-refractivity contribution in [3.63, 3.8) is 0 Å². The number of amidine groups is 1. The van der Waals surface area contributed by atoms with Crippen LogP contribution in [0.5, 0.6) is 11.5 Å². The molecule has 7 nitrogen and oxygen atoms in total. The number of phenolic OH excluding ortho intramolecular Hbond substituents is 2. The number of hydrogen-bond acceptors (Lipinski definition) is 5. The van der Waals surface area contributed by atoms with Gasteiger partial charge < -0.3 is 26.1 Å². The minimum atomic E-state index is -0.385. The zero-order valence-corrected chi connectivity index (χ0v) is 10.7. The molecule has 0 aromatic heterocycles. The summed E-state index contributed by atoms with van der Waals surface area (Å²) in [5.41, 5.74) is 5.59. The van der Waals surface area contributed by atoms with Gasteiger partial charge in [0.15, 0.2) is 0 Å². The third kappa shape index (κ3) is 3.77. The van der Waals surface area contributed by atoms with Crippen molar-refractivity contribution >= 4 is 11.7 Å². The lowest BCUT2D eigenvalue weighted by molar-refractivity contribution is 0.0785. The SMILES string of the molecule is CC(CN(C)C(=O)c1cc(O)cc(O)c1)/C(N)=N/O. The molecule has 1 rings (SSSR count). The molecule has 104 valence electrons. The maximum Gasteiger partial charge on any atom is 0.253 e. The van der Waals surface area contributed by atoms with E-state index in [1.807, 2.05) is 0 Å². The molecule has 0 spiro atoms. The molecule has 0 radical (unpaired) electrons. The van der Waals surface area contributed by atoms with Crippen molar-refractivity contribution < 1.29 is 20.2 Å². The van der Waals surface area contributed by atoms with Gasteiger partial charge in [0.05, 0.1) is 0 Å². The van der Waals surface area contributed by atoms with Crippen molar-refractivity contribution in [3.05, 3.63) is 23.8 Å². The van der Waals surface area contributed by atoms with Gasteiger partial charge in [0.25, 0.3) is 5.91 Å². The third-order valence-corrected chi connectivity index (χ3v) is 2.66. The normalized spacial score (nSPS) is 13.1. The Morgan fingerprint density at radius 2 is 1.89 bits per heavy atom.